The summed E-state index contributed by atoms with van der Waals surface area (Å²) in [5.74, 6) is 0. The SMILES string of the molecule is C=c1c(-c2cc3c(-c4ccc(F)s4)nccc3[nH]2)n[nH]/c1=C/C=C(\C)c1cnn(C)c1. The molecular weight excluding hydrogens is 411 g/mol. The molecule has 0 fully saturated rings. The molecule has 154 valence electrons. The normalized spacial score (nSPS) is 12.9. The first-order valence-electron chi connectivity index (χ1n) is 9.64. The Hall–Kier alpha value is -3.78. The van der Waals surface area contributed by atoms with Crippen LogP contribution in [-0.2, 0) is 7.05 Å². The van der Waals surface area contributed by atoms with Crippen LogP contribution in [0.2, 0.25) is 0 Å². The highest BCUT2D eigenvalue weighted by atomic mass is 32.1. The fourth-order valence-corrected chi connectivity index (χ4v) is 4.23. The molecule has 0 aliphatic rings. The van der Waals surface area contributed by atoms with Crippen molar-refractivity contribution in [1.82, 2.24) is 29.9 Å². The topological polar surface area (TPSA) is 75.2 Å². The number of pyridine rings is 1. The Bertz CT molecular complexity index is 1550. The number of nitrogens with zero attached hydrogens (tertiary/aromatic N) is 4. The number of allylic oxidation sites excluding steroid dienone is 2. The van der Waals surface area contributed by atoms with Crippen LogP contribution in [0.1, 0.15) is 12.5 Å². The van der Waals surface area contributed by atoms with E-state index < -0.39 is 0 Å². The highest BCUT2D eigenvalue weighted by molar-refractivity contribution is 7.13. The third-order valence-corrected chi connectivity index (χ3v) is 6.05. The van der Waals surface area contributed by atoms with E-state index in [0.717, 1.165) is 65.9 Å². The zero-order chi connectivity index (χ0) is 21.5. The molecular formula is C23H19FN6S. The third-order valence-electron chi connectivity index (χ3n) is 5.17. The van der Waals surface area contributed by atoms with Gasteiger partial charge in [0.1, 0.15) is 5.69 Å². The fraction of sp³-hybridized carbons (Fsp3) is 0.0870. The van der Waals surface area contributed by atoms with Gasteiger partial charge in [-0.15, -0.1) is 11.3 Å². The van der Waals surface area contributed by atoms with E-state index in [-0.39, 0.29) is 5.13 Å². The summed E-state index contributed by atoms with van der Waals surface area (Å²) in [4.78, 5) is 8.64. The molecule has 0 aliphatic carbocycles. The summed E-state index contributed by atoms with van der Waals surface area (Å²) >= 11 is 1.08. The van der Waals surface area contributed by atoms with Crippen molar-refractivity contribution in [2.24, 2.45) is 7.05 Å². The first-order chi connectivity index (χ1) is 15.0. The Morgan fingerprint density at radius 1 is 1.26 bits per heavy atom. The molecule has 5 aromatic heterocycles. The highest BCUT2D eigenvalue weighted by Gasteiger charge is 2.13. The van der Waals surface area contributed by atoms with Crippen molar-refractivity contribution in [2.75, 3.05) is 0 Å². The van der Waals surface area contributed by atoms with Gasteiger partial charge in [-0.05, 0) is 42.8 Å². The minimum absolute atomic E-state index is 0.230. The highest BCUT2D eigenvalue weighted by Crippen LogP contribution is 2.33. The van der Waals surface area contributed by atoms with Crippen LogP contribution in [0, 0.1) is 5.13 Å². The van der Waals surface area contributed by atoms with Crippen LogP contribution in [0.25, 0.3) is 51.1 Å². The summed E-state index contributed by atoms with van der Waals surface area (Å²) < 4.78 is 15.3. The second-order valence-corrected chi connectivity index (χ2v) is 8.32. The number of hydrogen-bond donors (Lipinski definition) is 2. The summed E-state index contributed by atoms with van der Waals surface area (Å²) in [5, 5.41) is 14.0. The van der Waals surface area contributed by atoms with Crippen LogP contribution >= 0.6 is 11.3 Å². The zero-order valence-electron chi connectivity index (χ0n) is 17.0. The summed E-state index contributed by atoms with van der Waals surface area (Å²) in [7, 11) is 1.89. The zero-order valence-corrected chi connectivity index (χ0v) is 17.8. The number of aromatic amines is 2. The van der Waals surface area contributed by atoms with Crippen LogP contribution in [0.5, 0.6) is 0 Å². The van der Waals surface area contributed by atoms with Gasteiger partial charge in [-0.1, -0.05) is 12.7 Å². The standard InChI is InChI=1S/C23H19FN6S/c1-13(15-11-26-30(3)12-15)4-5-17-14(2)22(29-28-17)19-10-16-18(27-19)8-9-25-23(16)20-6-7-21(24)31-20/h4-12,27-28H,2H2,1,3H3/b13-4+,17-5+. The van der Waals surface area contributed by atoms with E-state index in [1.807, 2.05) is 50.6 Å². The number of nitrogens with one attached hydrogen (secondary N) is 2. The number of hydrogen-bond acceptors (Lipinski definition) is 4. The first kappa shape index (κ1) is 19.2. The molecule has 6 nitrogen and oxygen atoms in total. The lowest BCUT2D eigenvalue weighted by Gasteiger charge is -1.97. The van der Waals surface area contributed by atoms with Crippen molar-refractivity contribution < 1.29 is 4.39 Å². The van der Waals surface area contributed by atoms with Gasteiger partial charge >= 0.3 is 0 Å². The average Bonchev–Trinajstić information content (AvgIpc) is 3.53. The van der Waals surface area contributed by atoms with Crippen molar-refractivity contribution in [3.63, 3.8) is 0 Å². The molecule has 0 atom stereocenters. The Morgan fingerprint density at radius 3 is 2.87 bits per heavy atom. The maximum Gasteiger partial charge on any atom is 0.177 e. The van der Waals surface area contributed by atoms with Crippen molar-refractivity contribution in [1.29, 1.82) is 0 Å². The Kier molecular flexibility index (Phi) is 4.63. The van der Waals surface area contributed by atoms with Crippen molar-refractivity contribution in [3.05, 3.63) is 70.2 Å². The molecule has 0 bridgehead atoms. The molecule has 8 heteroatoms. The Labute approximate surface area is 181 Å². The van der Waals surface area contributed by atoms with Gasteiger partial charge in [-0.2, -0.15) is 14.6 Å². The molecule has 31 heavy (non-hydrogen) atoms. The van der Waals surface area contributed by atoms with Crippen LogP contribution in [0.15, 0.2) is 48.9 Å². The van der Waals surface area contributed by atoms with E-state index in [9.17, 15) is 4.39 Å². The molecule has 2 N–H and O–H groups in total. The molecule has 0 amide bonds. The number of halogens is 1. The maximum atomic E-state index is 13.5. The van der Waals surface area contributed by atoms with E-state index in [1.165, 1.54) is 6.07 Å². The molecule has 0 saturated carbocycles. The van der Waals surface area contributed by atoms with Gasteiger partial charge in [0.05, 0.1) is 27.8 Å². The second-order valence-electron chi connectivity index (χ2n) is 7.29. The number of rotatable bonds is 4. The van der Waals surface area contributed by atoms with Crippen LogP contribution < -0.4 is 10.6 Å². The first-order valence-corrected chi connectivity index (χ1v) is 10.5. The number of aryl methyl sites for hydroxylation is 1. The van der Waals surface area contributed by atoms with Gasteiger partial charge in [-0.3, -0.25) is 14.8 Å². The van der Waals surface area contributed by atoms with Gasteiger partial charge < -0.3 is 4.98 Å². The quantitative estimate of drug-likeness (QED) is 0.455. The van der Waals surface area contributed by atoms with Gasteiger partial charge in [0.15, 0.2) is 5.13 Å². The summed E-state index contributed by atoms with van der Waals surface area (Å²) in [6.07, 6.45) is 9.50. The predicted octanol–water partition coefficient (Wildman–Crippen LogP) is 3.85. The molecule has 0 aromatic carbocycles. The molecule has 0 unspecified atom stereocenters. The molecule has 5 heterocycles. The van der Waals surface area contributed by atoms with E-state index in [4.69, 9.17) is 0 Å². The minimum atomic E-state index is -0.230. The summed E-state index contributed by atoms with van der Waals surface area (Å²) in [6.45, 7) is 6.25. The lowest BCUT2D eigenvalue weighted by molar-refractivity contribution is 0.657. The number of thiophene rings is 1. The number of fused-ring (bicyclic) bond motifs is 1. The van der Waals surface area contributed by atoms with Crippen LogP contribution in [0.3, 0.4) is 0 Å². The van der Waals surface area contributed by atoms with E-state index >= 15 is 0 Å². The molecule has 0 aliphatic heterocycles. The Balaban J connectivity index is 1.55. The number of H-pyrrole nitrogens is 2. The largest absolute Gasteiger partial charge is 0.353 e. The lowest BCUT2D eigenvalue weighted by Crippen LogP contribution is -2.21. The number of aromatic nitrogens is 6. The Morgan fingerprint density at radius 2 is 2.13 bits per heavy atom. The van der Waals surface area contributed by atoms with Crippen LogP contribution in [-0.4, -0.2) is 29.9 Å². The van der Waals surface area contributed by atoms with E-state index in [1.54, 1.807) is 16.9 Å². The molecule has 0 radical (unpaired) electrons. The monoisotopic (exact) mass is 430 g/mol. The summed E-state index contributed by atoms with van der Waals surface area (Å²) in [6, 6.07) is 7.09. The third kappa shape index (κ3) is 3.51. The fourth-order valence-electron chi connectivity index (χ4n) is 3.49. The smallest absolute Gasteiger partial charge is 0.177 e. The van der Waals surface area contributed by atoms with E-state index in [2.05, 4.69) is 31.8 Å². The van der Waals surface area contributed by atoms with Crippen molar-refractivity contribution in [3.8, 4) is 22.0 Å². The van der Waals surface area contributed by atoms with E-state index in [0.29, 0.717) is 0 Å². The lowest BCUT2D eigenvalue weighted by atomic mass is 10.1. The van der Waals surface area contributed by atoms with Gasteiger partial charge in [0.25, 0.3) is 0 Å². The van der Waals surface area contributed by atoms with Gasteiger partial charge in [-0.25, -0.2) is 0 Å². The predicted molar refractivity (Wildman–Crippen MR) is 123 cm³/mol. The van der Waals surface area contributed by atoms with Gasteiger partial charge in [0, 0.05) is 41.1 Å². The minimum Gasteiger partial charge on any atom is -0.353 e. The van der Waals surface area contributed by atoms with Crippen LogP contribution in [0.4, 0.5) is 4.39 Å². The second kappa shape index (κ2) is 7.48. The summed E-state index contributed by atoms with van der Waals surface area (Å²) in [5.41, 5.74) is 5.37. The maximum absolute atomic E-state index is 13.5. The van der Waals surface area contributed by atoms with Crippen molar-refractivity contribution in [2.45, 2.75) is 6.92 Å². The molecule has 5 rings (SSSR count). The molecule has 0 spiro atoms. The van der Waals surface area contributed by atoms with Crippen molar-refractivity contribution >= 4 is 40.5 Å². The molecule has 0 saturated heterocycles. The average molecular weight is 431 g/mol. The van der Waals surface area contributed by atoms with Gasteiger partial charge in [0.2, 0.25) is 0 Å². The molecule has 5 aromatic rings.